The quantitative estimate of drug-likeness (QED) is 0.532. The molecule has 3 heteroatoms. The Morgan fingerprint density at radius 2 is 1.80 bits per heavy atom. The molecule has 1 atom stereocenters. The SMILES string of the molecule is C=CC(COCc1ccccc1)O[Si](C)(C)C(C)(C)C. The summed E-state index contributed by atoms with van der Waals surface area (Å²) in [5.41, 5.74) is 1.18. The minimum atomic E-state index is -1.77. The minimum absolute atomic E-state index is 0.0281. The van der Waals surface area contributed by atoms with E-state index in [2.05, 4.69) is 52.6 Å². The van der Waals surface area contributed by atoms with Crippen molar-refractivity contribution >= 4 is 8.32 Å². The second-order valence-electron chi connectivity index (χ2n) is 6.65. The zero-order chi connectivity index (χ0) is 15.2. The second-order valence-corrected chi connectivity index (χ2v) is 11.4. The van der Waals surface area contributed by atoms with Crippen LogP contribution in [0.5, 0.6) is 0 Å². The van der Waals surface area contributed by atoms with Crippen LogP contribution in [0.1, 0.15) is 26.3 Å². The molecule has 0 aliphatic carbocycles. The van der Waals surface area contributed by atoms with Crippen molar-refractivity contribution in [1.82, 2.24) is 0 Å². The van der Waals surface area contributed by atoms with Crippen molar-refractivity contribution in [3.05, 3.63) is 48.6 Å². The Morgan fingerprint density at radius 1 is 1.20 bits per heavy atom. The highest BCUT2D eigenvalue weighted by atomic mass is 28.4. The third-order valence-electron chi connectivity index (χ3n) is 3.91. The lowest BCUT2D eigenvalue weighted by molar-refractivity contribution is 0.0552. The van der Waals surface area contributed by atoms with Crippen molar-refractivity contribution in [2.45, 2.75) is 51.6 Å². The molecule has 112 valence electrons. The van der Waals surface area contributed by atoms with Gasteiger partial charge in [0.25, 0.3) is 0 Å². The lowest BCUT2D eigenvalue weighted by atomic mass is 10.2. The molecule has 0 aliphatic heterocycles. The van der Waals surface area contributed by atoms with Crippen LogP contribution in [-0.4, -0.2) is 21.0 Å². The van der Waals surface area contributed by atoms with Crippen LogP contribution in [0.4, 0.5) is 0 Å². The van der Waals surface area contributed by atoms with Crippen LogP contribution in [-0.2, 0) is 15.8 Å². The molecule has 0 spiro atoms. The second kappa shape index (κ2) is 7.20. The first-order chi connectivity index (χ1) is 9.26. The average Bonchev–Trinajstić information content (AvgIpc) is 2.37. The van der Waals surface area contributed by atoms with Crippen LogP contribution in [0.25, 0.3) is 0 Å². The van der Waals surface area contributed by atoms with Crippen LogP contribution in [0, 0.1) is 0 Å². The number of benzene rings is 1. The van der Waals surface area contributed by atoms with E-state index in [1.54, 1.807) is 0 Å². The van der Waals surface area contributed by atoms with E-state index in [9.17, 15) is 0 Å². The number of hydrogen-bond acceptors (Lipinski definition) is 2. The molecule has 1 aromatic rings. The summed E-state index contributed by atoms with van der Waals surface area (Å²) in [4.78, 5) is 0. The molecule has 1 unspecified atom stereocenters. The van der Waals surface area contributed by atoms with Gasteiger partial charge in [0.2, 0.25) is 0 Å². The molecule has 0 radical (unpaired) electrons. The van der Waals surface area contributed by atoms with Crippen LogP contribution in [0.15, 0.2) is 43.0 Å². The Labute approximate surface area is 124 Å². The third kappa shape index (κ3) is 5.23. The highest BCUT2D eigenvalue weighted by Crippen LogP contribution is 2.37. The fourth-order valence-electron chi connectivity index (χ4n) is 1.57. The molecule has 0 fully saturated rings. The van der Waals surface area contributed by atoms with Crippen molar-refractivity contribution in [1.29, 1.82) is 0 Å². The first-order valence-electron chi connectivity index (χ1n) is 7.18. The van der Waals surface area contributed by atoms with Crippen LogP contribution in [0.2, 0.25) is 18.1 Å². The first-order valence-corrected chi connectivity index (χ1v) is 10.1. The van der Waals surface area contributed by atoms with E-state index in [0.29, 0.717) is 13.2 Å². The summed E-state index contributed by atoms with van der Waals surface area (Å²) in [5.74, 6) is 0. The first kappa shape index (κ1) is 17.1. The largest absolute Gasteiger partial charge is 0.408 e. The van der Waals surface area contributed by atoms with Crippen molar-refractivity contribution in [3.63, 3.8) is 0 Å². The van der Waals surface area contributed by atoms with Gasteiger partial charge in [-0.05, 0) is 23.7 Å². The maximum Gasteiger partial charge on any atom is 0.192 e. The van der Waals surface area contributed by atoms with E-state index >= 15 is 0 Å². The van der Waals surface area contributed by atoms with E-state index < -0.39 is 8.32 Å². The van der Waals surface area contributed by atoms with Gasteiger partial charge in [-0.2, -0.15) is 0 Å². The summed E-state index contributed by atoms with van der Waals surface area (Å²) in [6.07, 6.45) is 1.82. The fourth-order valence-corrected chi connectivity index (χ4v) is 2.85. The summed E-state index contributed by atoms with van der Waals surface area (Å²) in [6.45, 7) is 16.3. The van der Waals surface area contributed by atoms with Gasteiger partial charge in [-0.3, -0.25) is 0 Å². The molecule has 0 aromatic heterocycles. The van der Waals surface area contributed by atoms with Gasteiger partial charge in [0.05, 0.1) is 19.3 Å². The maximum absolute atomic E-state index is 6.29. The summed E-state index contributed by atoms with van der Waals surface area (Å²) in [6, 6.07) is 10.2. The number of ether oxygens (including phenoxy) is 1. The Balaban J connectivity index is 2.46. The van der Waals surface area contributed by atoms with Crippen molar-refractivity contribution < 1.29 is 9.16 Å². The third-order valence-corrected chi connectivity index (χ3v) is 8.41. The molecular formula is C17H28O2Si. The average molecular weight is 292 g/mol. The van der Waals surface area contributed by atoms with Crippen molar-refractivity contribution in [2.24, 2.45) is 0 Å². The molecule has 2 nitrogen and oxygen atoms in total. The molecule has 0 N–H and O–H groups in total. The van der Waals surface area contributed by atoms with E-state index in [1.807, 2.05) is 24.3 Å². The predicted molar refractivity (Wildman–Crippen MR) is 88.4 cm³/mol. The molecule has 0 bridgehead atoms. The summed E-state index contributed by atoms with van der Waals surface area (Å²) in [7, 11) is -1.77. The standard InChI is InChI=1S/C17H28O2Si/c1-7-16(19-20(5,6)17(2,3)4)14-18-13-15-11-9-8-10-12-15/h7-12,16H,1,13-14H2,2-6H3. The van der Waals surface area contributed by atoms with Gasteiger partial charge in [0, 0.05) is 0 Å². The number of rotatable bonds is 7. The van der Waals surface area contributed by atoms with Crippen LogP contribution >= 0.6 is 0 Å². The van der Waals surface area contributed by atoms with Crippen molar-refractivity contribution in [2.75, 3.05) is 6.61 Å². The highest BCUT2D eigenvalue weighted by Gasteiger charge is 2.38. The molecule has 0 saturated heterocycles. The van der Waals surface area contributed by atoms with Gasteiger partial charge in [0.1, 0.15) is 0 Å². The molecule has 20 heavy (non-hydrogen) atoms. The number of hydrogen-bond donors (Lipinski definition) is 0. The minimum Gasteiger partial charge on any atom is -0.408 e. The van der Waals surface area contributed by atoms with E-state index in [-0.39, 0.29) is 11.1 Å². The molecule has 0 saturated carbocycles. The Kier molecular flexibility index (Phi) is 6.18. The van der Waals surface area contributed by atoms with Gasteiger partial charge >= 0.3 is 0 Å². The molecular weight excluding hydrogens is 264 g/mol. The van der Waals surface area contributed by atoms with E-state index in [1.165, 1.54) is 5.56 Å². The molecule has 0 amide bonds. The van der Waals surface area contributed by atoms with Crippen molar-refractivity contribution in [3.8, 4) is 0 Å². The van der Waals surface area contributed by atoms with Crippen LogP contribution < -0.4 is 0 Å². The van der Waals surface area contributed by atoms with Gasteiger partial charge in [-0.25, -0.2) is 0 Å². The molecule has 1 rings (SSSR count). The van der Waals surface area contributed by atoms with Gasteiger partial charge in [0.15, 0.2) is 8.32 Å². The summed E-state index contributed by atoms with van der Waals surface area (Å²) in [5, 5.41) is 0.202. The Morgan fingerprint density at radius 3 is 2.30 bits per heavy atom. The molecule has 0 heterocycles. The molecule has 1 aromatic carbocycles. The highest BCUT2D eigenvalue weighted by molar-refractivity contribution is 6.74. The van der Waals surface area contributed by atoms with Crippen LogP contribution in [0.3, 0.4) is 0 Å². The lowest BCUT2D eigenvalue weighted by Crippen LogP contribution is -2.44. The summed E-state index contributed by atoms with van der Waals surface area (Å²) < 4.78 is 12.0. The summed E-state index contributed by atoms with van der Waals surface area (Å²) >= 11 is 0. The lowest BCUT2D eigenvalue weighted by Gasteiger charge is -2.38. The van der Waals surface area contributed by atoms with E-state index in [4.69, 9.17) is 9.16 Å². The maximum atomic E-state index is 6.29. The molecule has 0 aliphatic rings. The van der Waals surface area contributed by atoms with Gasteiger partial charge in [-0.1, -0.05) is 57.2 Å². The van der Waals surface area contributed by atoms with Gasteiger partial charge < -0.3 is 9.16 Å². The Bertz CT molecular complexity index is 407. The normalized spacial score (nSPS) is 14.1. The fraction of sp³-hybridized carbons (Fsp3) is 0.529. The topological polar surface area (TPSA) is 18.5 Å². The van der Waals surface area contributed by atoms with E-state index in [0.717, 1.165) is 0 Å². The smallest absolute Gasteiger partial charge is 0.192 e. The monoisotopic (exact) mass is 292 g/mol. The zero-order valence-corrected chi connectivity index (χ0v) is 14.5. The van der Waals surface area contributed by atoms with Gasteiger partial charge in [-0.15, -0.1) is 6.58 Å². The zero-order valence-electron chi connectivity index (χ0n) is 13.5. The Hall–Kier alpha value is -0.903. The predicted octanol–water partition coefficient (Wildman–Crippen LogP) is 4.78.